The van der Waals surface area contributed by atoms with Crippen LogP contribution in [0.2, 0.25) is 0 Å². The molecule has 0 heterocycles. The molecule has 0 saturated carbocycles. The Bertz CT molecular complexity index is 916. The van der Waals surface area contributed by atoms with Crippen LogP contribution in [-0.4, -0.2) is 25.5 Å². The Hall–Kier alpha value is -3.18. The van der Waals surface area contributed by atoms with Crippen LogP contribution in [0.1, 0.15) is 10.4 Å². The summed E-state index contributed by atoms with van der Waals surface area (Å²) in [5.74, 6) is -0.447. The Kier molecular flexibility index (Phi) is 5.06. The molecule has 126 valence electrons. The first-order valence-electron chi connectivity index (χ1n) is 7.85. The normalized spacial score (nSPS) is 10.4. The van der Waals surface area contributed by atoms with Crippen molar-refractivity contribution in [3.8, 4) is 0 Å². The molecule has 0 bridgehead atoms. The van der Waals surface area contributed by atoms with Crippen LogP contribution in [0.15, 0.2) is 66.7 Å². The Balaban J connectivity index is 1.80. The fourth-order valence-corrected chi connectivity index (χ4v) is 2.62. The van der Waals surface area contributed by atoms with E-state index in [2.05, 4.69) is 10.6 Å². The number of anilines is 2. The second-order valence-corrected chi connectivity index (χ2v) is 5.54. The molecular formula is C20H18N2O3. The van der Waals surface area contributed by atoms with Gasteiger partial charge in [0, 0.05) is 24.0 Å². The van der Waals surface area contributed by atoms with Crippen LogP contribution < -0.4 is 10.6 Å². The van der Waals surface area contributed by atoms with E-state index >= 15 is 0 Å². The van der Waals surface area contributed by atoms with E-state index < -0.39 is 0 Å². The Morgan fingerprint density at radius 3 is 2.36 bits per heavy atom. The maximum absolute atomic E-state index is 12.6. The molecule has 3 aromatic rings. The zero-order valence-electron chi connectivity index (χ0n) is 13.8. The topological polar surface area (TPSA) is 67.4 Å². The quantitative estimate of drug-likeness (QED) is 0.748. The van der Waals surface area contributed by atoms with E-state index in [-0.39, 0.29) is 18.4 Å². The summed E-state index contributed by atoms with van der Waals surface area (Å²) >= 11 is 0. The summed E-state index contributed by atoms with van der Waals surface area (Å²) < 4.78 is 4.79. The number of nitrogens with one attached hydrogen (secondary N) is 2. The molecule has 3 aromatic carbocycles. The molecule has 5 nitrogen and oxygen atoms in total. The predicted molar refractivity (Wildman–Crippen MR) is 98.8 cm³/mol. The van der Waals surface area contributed by atoms with Crippen molar-refractivity contribution in [3.05, 3.63) is 72.3 Å². The molecule has 5 heteroatoms. The van der Waals surface area contributed by atoms with E-state index in [0.29, 0.717) is 16.9 Å². The summed E-state index contributed by atoms with van der Waals surface area (Å²) in [4.78, 5) is 24.2. The molecule has 0 aromatic heterocycles. The molecule has 0 saturated heterocycles. The fraction of sp³-hybridized carbons (Fsp3) is 0.100. The van der Waals surface area contributed by atoms with Gasteiger partial charge in [-0.15, -0.1) is 0 Å². The Morgan fingerprint density at radius 2 is 1.56 bits per heavy atom. The molecule has 3 rings (SSSR count). The standard InChI is InChI=1S/C20H18N2O3/c1-25-13-19(23)21-15-8-5-9-16(12-15)22-20(24)18-11-4-7-14-6-2-3-10-17(14)18/h2-12H,13H2,1H3,(H,21,23)(H,22,24). The zero-order chi connectivity index (χ0) is 17.6. The number of carbonyl (C=O) groups excluding carboxylic acids is 2. The molecule has 0 unspecified atom stereocenters. The van der Waals surface area contributed by atoms with Gasteiger partial charge in [-0.1, -0.05) is 42.5 Å². The SMILES string of the molecule is COCC(=O)Nc1cccc(NC(=O)c2cccc3ccccc23)c1. The highest BCUT2D eigenvalue weighted by Gasteiger charge is 2.10. The van der Waals surface area contributed by atoms with E-state index in [1.807, 2.05) is 36.4 Å². The third-order valence-corrected chi connectivity index (χ3v) is 3.71. The zero-order valence-corrected chi connectivity index (χ0v) is 13.8. The predicted octanol–water partition coefficient (Wildman–Crippen LogP) is 3.68. The third-order valence-electron chi connectivity index (χ3n) is 3.71. The van der Waals surface area contributed by atoms with Crippen LogP contribution in [0.3, 0.4) is 0 Å². The van der Waals surface area contributed by atoms with Crippen molar-refractivity contribution in [2.24, 2.45) is 0 Å². The van der Waals surface area contributed by atoms with Crippen molar-refractivity contribution in [1.82, 2.24) is 0 Å². The summed E-state index contributed by atoms with van der Waals surface area (Å²) in [5, 5.41) is 7.49. The summed E-state index contributed by atoms with van der Waals surface area (Å²) in [6, 6.07) is 20.4. The van der Waals surface area contributed by atoms with Gasteiger partial charge in [-0.05, 0) is 35.0 Å². The lowest BCUT2D eigenvalue weighted by Gasteiger charge is -2.10. The highest BCUT2D eigenvalue weighted by molar-refractivity contribution is 6.13. The molecule has 0 fully saturated rings. The van der Waals surface area contributed by atoms with Gasteiger partial charge in [0.05, 0.1) is 0 Å². The van der Waals surface area contributed by atoms with Gasteiger partial charge in [-0.3, -0.25) is 9.59 Å². The smallest absolute Gasteiger partial charge is 0.256 e. The first kappa shape index (κ1) is 16.7. The fourth-order valence-electron chi connectivity index (χ4n) is 2.62. The number of hydrogen-bond donors (Lipinski definition) is 2. The van der Waals surface area contributed by atoms with E-state index in [0.717, 1.165) is 10.8 Å². The van der Waals surface area contributed by atoms with Crippen molar-refractivity contribution in [2.75, 3.05) is 24.4 Å². The number of ether oxygens (including phenoxy) is 1. The third kappa shape index (κ3) is 4.02. The Morgan fingerprint density at radius 1 is 0.880 bits per heavy atom. The van der Waals surface area contributed by atoms with Gasteiger partial charge < -0.3 is 15.4 Å². The molecule has 25 heavy (non-hydrogen) atoms. The number of amides is 2. The van der Waals surface area contributed by atoms with Gasteiger partial charge in [0.1, 0.15) is 6.61 Å². The molecule has 0 spiro atoms. The maximum Gasteiger partial charge on any atom is 0.256 e. The lowest BCUT2D eigenvalue weighted by molar-refractivity contribution is -0.119. The molecular weight excluding hydrogens is 316 g/mol. The second-order valence-electron chi connectivity index (χ2n) is 5.54. The average Bonchev–Trinajstić information content (AvgIpc) is 2.61. The number of fused-ring (bicyclic) bond motifs is 1. The van der Waals surface area contributed by atoms with Crippen molar-refractivity contribution in [1.29, 1.82) is 0 Å². The van der Waals surface area contributed by atoms with Crippen molar-refractivity contribution < 1.29 is 14.3 Å². The monoisotopic (exact) mass is 334 g/mol. The lowest BCUT2D eigenvalue weighted by atomic mass is 10.0. The van der Waals surface area contributed by atoms with Crippen LogP contribution in [-0.2, 0) is 9.53 Å². The second kappa shape index (κ2) is 7.59. The number of rotatable bonds is 5. The van der Waals surface area contributed by atoms with Crippen LogP contribution in [0, 0.1) is 0 Å². The molecule has 0 aliphatic rings. The minimum Gasteiger partial charge on any atom is -0.375 e. The van der Waals surface area contributed by atoms with E-state index in [1.54, 1.807) is 30.3 Å². The van der Waals surface area contributed by atoms with Crippen molar-refractivity contribution in [3.63, 3.8) is 0 Å². The molecule has 0 radical (unpaired) electrons. The van der Waals surface area contributed by atoms with Crippen molar-refractivity contribution in [2.45, 2.75) is 0 Å². The largest absolute Gasteiger partial charge is 0.375 e. The number of benzene rings is 3. The van der Waals surface area contributed by atoms with Gasteiger partial charge >= 0.3 is 0 Å². The summed E-state index contributed by atoms with van der Waals surface area (Å²) in [7, 11) is 1.46. The molecule has 2 amide bonds. The Labute approximate surface area is 145 Å². The van der Waals surface area contributed by atoms with Gasteiger partial charge in [-0.2, -0.15) is 0 Å². The molecule has 0 aliphatic carbocycles. The summed E-state index contributed by atoms with van der Waals surface area (Å²) in [6.45, 7) is -0.0212. The van der Waals surface area contributed by atoms with Gasteiger partial charge in [0.25, 0.3) is 5.91 Å². The minimum atomic E-state index is -0.250. The highest BCUT2D eigenvalue weighted by Crippen LogP contribution is 2.21. The molecule has 2 N–H and O–H groups in total. The first-order chi connectivity index (χ1) is 12.2. The maximum atomic E-state index is 12.6. The highest BCUT2D eigenvalue weighted by atomic mass is 16.5. The van der Waals surface area contributed by atoms with E-state index in [4.69, 9.17) is 4.74 Å². The minimum absolute atomic E-state index is 0.0212. The number of methoxy groups -OCH3 is 1. The van der Waals surface area contributed by atoms with E-state index in [9.17, 15) is 9.59 Å². The molecule has 0 aliphatic heterocycles. The van der Waals surface area contributed by atoms with Gasteiger partial charge in [0.2, 0.25) is 5.91 Å². The summed E-state index contributed by atoms with van der Waals surface area (Å²) in [6.07, 6.45) is 0. The first-order valence-corrected chi connectivity index (χ1v) is 7.85. The number of hydrogen-bond acceptors (Lipinski definition) is 3. The van der Waals surface area contributed by atoms with Crippen molar-refractivity contribution >= 4 is 34.0 Å². The van der Waals surface area contributed by atoms with Crippen LogP contribution >= 0.6 is 0 Å². The van der Waals surface area contributed by atoms with Crippen LogP contribution in [0.25, 0.3) is 10.8 Å². The van der Waals surface area contributed by atoms with Gasteiger partial charge in [0.15, 0.2) is 0 Å². The van der Waals surface area contributed by atoms with Crippen LogP contribution in [0.4, 0.5) is 11.4 Å². The number of carbonyl (C=O) groups is 2. The molecule has 0 atom stereocenters. The van der Waals surface area contributed by atoms with Crippen LogP contribution in [0.5, 0.6) is 0 Å². The van der Waals surface area contributed by atoms with Gasteiger partial charge in [-0.25, -0.2) is 0 Å². The van der Waals surface area contributed by atoms with E-state index in [1.165, 1.54) is 7.11 Å². The summed E-state index contributed by atoms with van der Waals surface area (Å²) in [5.41, 5.74) is 1.80. The average molecular weight is 334 g/mol. The lowest BCUT2D eigenvalue weighted by Crippen LogP contribution is -2.17.